The monoisotopic (exact) mass is 235 g/mol. The first-order valence-electron chi connectivity index (χ1n) is 3.51. The topological polar surface area (TPSA) is 72.4 Å². The average molecular weight is 235 g/mol. The molecule has 1 radical (unpaired) electrons. The van der Waals surface area contributed by atoms with Crippen LogP contribution in [0.5, 0.6) is 0 Å². The predicted octanol–water partition coefficient (Wildman–Crippen LogP) is 0.264. The van der Waals surface area contributed by atoms with Crippen molar-refractivity contribution in [3.63, 3.8) is 0 Å². The minimum Gasteiger partial charge on any atom is -0.790 e. The van der Waals surface area contributed by atoms with Crippen LogP contribution in [0.1, 0.15) is 27.2 Å². The number of hydrogen-bond donors (Lipinski definition) is 0. The van der Waals surface area contributed by atoms with Gasteiger partial charge in [0.1, 0.15) is 0 Å². The van der Waals surface area contributed by atoms with Crippen LogP contribution in [0.15, 0.2) is 0 Å². The van der Waals surface area contributed by atoms with Gasteiger partial charge in [0.25, 0.3) is 0 Å². The first-order valence-corrected chi connectivity index (χ1v) is 4.98. The summed E-state index contributed by atoms with van der Waals surface area (Å²) < 4.78 is 14.3. The number of hydrogen-bond acceptors (Lipinski definition) is 4. The Labute approximate surface area is 83.4 Å². The van der Waals surface area contributed by atoms with Crippen LogP contribution in [0, 0.1) is 5.92 Å². The molecule has 0 rings (SSSR count). The standard InChI is InChI=1S/C6H15O4P.Mn/c1-5(2)4-6(3)10-11(7,8)9;/h5-6H,4H2,1-3H3,(H2,7,8,9);/q;+2/p-2. The molecule has 0 saturated heterocycles. The van der Waals surface area contributed by atoms with Crippen LogP contribution in [0.4, 0.5) is 0 Å². The van der Waals surface area contributed by atoms with Gasteiger partial charge in [-0.1, -0.05) is 13.8 Å². The molecule has 0 amide bonds. The molecule has 0 aliphatic carbocycles. The maximum atomic E-state index is 10.1. The normalized spacial score (nSPS) is 14.2. The number of rotatable bonds is 4. The van der Waals surface area contributed by atoms with E-state index in [1.807, 2.05) is 13.8 Å². The van der Waals surface area contributed by atoms with Gasteiger partial charge >= 0.3 is 17.1 Å². The summed E-state index contributed by atoms with van der Waals surface area (Å²) in [4.78, 5) is 20.1. The SMILES string of the molecule is CC(C)CC(C)OP(=O)([O-])[O-].[Mn+2]. The fraction of sp³-hybridized carbons (Fsp3) is 1.00. The predicted molar refractivity (Wildman–Crippen MR) is 37.6 cm³/mol. The Morgan fingerprint density at radius 2 is 1.75 bits per heavy atom. The molecule has 1 atom stereocenters. The molecule has 0 aromatic carbocycles. The first kappa shape index (κ1) is 15.1. The zero-order valence-corrected chi connectivity index (χ0v) is 9.39. The zero-order chi connectivity index (χ0) is 9.07. The van der Waals surface area contributed by atoms with Crippen molar-refractivity contribution in [3.8, 4) is 0 Å². The van der Waals surface area contributed by atoms with Gasteiger partial charge in [-0.3, -0.25) is 0 Å². The second-order valence-electron chi connectivity index (χ2n) is 2.99. The maximum Gasteiger partial charge on any atom is 2.00 e. The van der Waals surface area contributed by atoms with Crippen molar-refractivity contribution >= 4 is 7.82 Å². The summed E-state index contributed by atoms with van der Waals surface area (Å²) in [5.74, 6) is 0.330. The van der Waals surface area contributed by atoms with E-state index in [0.717, 1.165) is 0 Å². The molecular weight excluding hydrogens is 222 g/mol. The van der Waals surface area contributed by atoms with Crippen LogP contribution in [0.25, 0.3) is 0 Å². The minimum atomic E-state index is -4.78. The van der Waals surface area contributed by atoms with Crippen LogP contribution < -0.4 is 9.79 Å². The Morgan fingerprint density at radius 3 is 2.00 bits per heavy atom. The van der Waals surface area contributed by atoms with Gasteiger partial charge in [-0.2, -0.15) is 0 Å². The van der Waals surface area contributed by atoms with E-state index < -0.39 is 13.9 Å². The number of phosphoric ester groups is 1. The average Bonchev–Trinajstić information content (AvgIpc) is 1.53. The third kappa shape index (κ3) is 10.6. The van der Waals surface area contributed by atoms with E-state index in [9.17, 15) is 14.4 Å². The molecule has 0 aliphatic rings. The Kier molecular flexibility index (Phi) is 7.73. The van der Waals surface area contributed by atoms with E-state index in [2.05, 4.69) is 4.52 Å². The summed E-state index contributed by atoms with van der Waals surface area (Å²) in [6, 6.07) is 0. The van der Waals surface area contributed by atoms with Crippen LogP contribution in [0.3, 0.4) is 0 Å². The van der Waals surface area contributed by atoms with Gasteiger partial charge in [-0.25, -0.2) is 0 Å². The Balaban J connectivity index is 0. The summed E-state index contributed by atoms with van der Waals surface area (Å²) in [7, 11) is -4.78. The van der Waals surface area contributed by atoms with Gasteiger partial charge in [0.2, 0.25) is 0 Å². The summed E-state index contributed by atoms with van der Waals surface area (Å²) in [5.41, 5.74) is 0. The summed E-state index contributed by atoms with van der Waals surface area (Å²) in [6.07, 6.45) is 0.0740. The summed E-state index contributed by atoms with van der Waals surface area (Å²) >= 11 is 0. The van der Waals surface area contributed by atoms with Gasteiger partial charge < -0.3 is 18.9 Å². The van der Waals surface area contributed by atoms with Crippen LogP contribution in [0.2, 0.25) is 0 Å². The summed E-state index contributed by atoms with van der Waals surface area (Å²) in [5, 5.41) is 0. The van der Waals surface area contributed by atoms with Gasteiger partial charge in [0.05, 0.1) is 13.9 Å². The Hall–Kier alpha value is 0.629. The van der Waals surface area contributed by atoms with Crippen molar-refractivity contribution in [2.24, 2.45) is 5.92 Å². The third-order valence-corrected chi connectivity index (χ3v) is 1.73. The molecule has 73 valence electrons. The minimum absolute atomic E-state index is 0. The molecular formula is C6H13MnO4P. The summed E-state index contributed by atoms with van der Waals surface area (Å²) in [6.45, 7) is 5.43. The molecule has 0 aliphatic heterocycles. The third-order valence-electron chi connectivity index (χ3n) is 1.11. The molecule has 0 bridgehead atoms. The van der Waals surface area contributed by atoms with Crippen LogP contribution >= 0.6 is 7.82 Å². The second-order valence-corrected chi connectivity index (χ2v) is 4.10. The van der Waals surface area contributed by atoms with E-state index in [0.29, 0.717) is 12.3 Å². The zero-order valence-electron chi connectivity index (χ0n) is 7.32. The van der Waals surface area contributed by atoms with E-state index in [1.165, 1.54) is 0 Å². The molecule has 0 heterocycles. The molecule has 4 nitrogen and oxygen atoms in total. The fourth-order valence-electron chi connectivity index (χ4n) is 0.927. The maximum absolute atomic E-state index is 10.1. The first-order chi connectivity index (χ1) is 4.81. The fourth-order valence-corrected chi connectivity index (χ4v) is 1.45. The van der Waals surface area contributed by atoms with E-state index in [4.69, 9.17) is 0 Å². The van der Waals surface area contributed by atoms with Crippen molar-refractivity contribution in [2.75, 3.05) is 0 Å². The molecule has 6 heteroatoms. The molecule has 0 fully saturated rings. The smallest absolute Gasteiger partial charge is 0.790 e. The molecule has 0 spiro atoms. The van der Waals surface area contributed by atoms with E-state index in [-0.39, 0.29) is 17.1 Å². The Bertz CT molecular complexity index is 156. The van der Waals surface area contributed by atoms with Crippen molar-refractivity contribution < 1.29 is 35.9 Å². The van der Waals surface area contributed by atoms with Crippen molar-refractivity contribution in [3.05, 3.63) is 0 Å². The quantitative estimate of drug-likeness (QED) is 0.517. The number of phosphoric acid groups is 1. The molecule has 12 heavy (non-hydrogen) atoms. The Morgan fingerprint density at radius 1 is 1.33 bits per heavy atom. The van der Waals surface area contributed by atoms with Gasteiger partial charge in [-0.05, 0) is 19.3 Å². The van der Waals surface area contributed by atoms with Gasteiger partial charge in [0, 0.05) is 0 Å². The van der Waals surface area contributed by atoms with Crippen LogP contribution in [-0.4, -0.2) is 6.10 Å². The van der Waals surface area contributed by atoms with Gasteiger partial charge in [-0.15, -0.1) is 0 Å². The molecule has 1 unspecified atom stereocenters. The molecule has 0 aromatic rings. The molecule has 0 N–H and O–H groups in total. The van der Waals surface area contributed by atoms with Gasteiger partial charge in [0.15, 0.2) is 0 Å². The van der Waals surface area contributed by atoms with Crippen molar-refractivity contribution in [1.29, 1.82) is 0 Å². The van der Waals surface area contributed by atoms with E-state index >= 15 is 0 Å². The molecule has 0 saturated carbocycles. The van der Waals surface area contributed by atoms with Crippen molar-refractivity contribution in [1.82, 2.24) is 0 Å². The largest absolute Gasteiger partial charge is 2.00 e. The molecule has 0 aromatic heterocycles. The second kappa shape index (κ2) is 6.14. The van der Waals surface area contributed by atoms with E-state index in [1.54, 1.807) is 6.92 Å². The van der Waals surface area contributed by atoms with Crippen molar-refractivity contribution in [2.45, 2.75) is 33.3 Å². The van der Waals surface area contributed by atoms with Crippen LogP contribution in [-0.2, 0) is 26.2 Å².